The number of nitrogens with two attached hydrogens (primary N) is 1. The van der Waals surface area contributed by atoms with E-state index in [0.29, 0.717) is 5.65 Å². The Kier molecular flexibility index (Phi) is 2.78. The topological polar surface area (TPSA) is 89.3 Å². The quantitative estimate of drug-likeness (QED) is 0.376. The maximum absolute atomic E-state index is 8.56. The van der Waals surface area contributed by atoms with Crippen molar-refractivity contribution in [2.24, 2.45) is 10.9 Å². The van der Waals surface area contributed by atoms with Crippen LogP contribution in [0.3, 0.4) is 0 Å². The van der Waals surface area contributed by atoms with Gasteiger partial charge in [-0.3, -0.25) is 0 Å². The number of aromatic nitrogens is 3. The number of imidazole rings is 1. The Balaban J connectivity index is 2.58. The molecule has 2 rings (SSSR count). The number of halogens is 1. The van der Waals surface area contributed by atoms with Crippen molar-refractivity contribution in [3.63, 3.8) is 0 Å². The summed E-state index contributed by atoms with van der Waals surface area (Å²) in [7, 11) is 0. The van der Waals surface area contributed by atoms with Gasteiger partial charge >= 0.3 is 0 Å². The van der Waals surface area contributed by atoms with Crippen molar-refractivity contribution in [1.82, 2.24) is 14.5 Å². The SMILES string of the molecule is Cc1nc2ncc(Br)cc2n1C/C(N)=N\O. The van der Waals surface area contributed by atoms with Crippen LogP contribution in [0, 0.1) is 6.92 Å². The molecule has 0 saturated heterocycles. The summed E-state index contributed by atoms with van der Waals surface area (Å²) in [6, 6.07) is 1.90. The van der Waals surface area contributed by atoms with Gasteiger partial charge in [-0.1, -0.05) is 5.16 Å². The summed E-state index contributed by atoms with van der Waals surface area (Å²) in [4.78, 5) is 8.45. The molecule has 2 aromatic rings. The number of nitrogens with zero attached hydrogens (tertiary/aromatic N) is 4. The summed E-state index contributed by atoms with van der Waals surface area (Å²) in [6.45, 7) is 2.14. The molecule has 0 atom stereocenters. The lowest BCUT2D eigenvalue weighted by molar-refractivity contribution is 0.316. The van der Waals surface area contributed by atoms with Crippen LogP contribution < -0.4 is 5.73 Å². The highest BCUT2D eigenvalue weighted by Crippen LogP contribution is 2.18. The number of rotatable bonds is 2. The third-order valence-electron chi connectivity index (χ3n) is 2.21. The van der Waals surface area contributed by atoms with E-state index in [1.807, 2.05) is 17.6 Å². The maximum atomic E-state index is 8.56. The van der Waals surface area contributed by atoms with Crippen LogP contribution in [-0.2, 0) is 6.54 Å². The van der Waals surface area contributed by atoms with Gasteiger partial charge in [0.15, 0.2) is 11.5 Å². The van der Waals surface area contributed by atoms with Crippen molar-refractivity contribution in [3.8, 4) is 0 Å². The highest BCUT2D eigenvalue weighted by molar-refractivity contribution is 9.10. The second-order valence-electron chi connectivity index (χ2n) is 3.33. The minimum Gasteiger partial charge on any atom is -0.409 e. The van der Waals surface area contributed by atoms with Gasteiger partial charge in [-0.25, -0.2) is 9.97 Å². The molecule has 3 N–H and O–H groups in total. The van der Waals surface area contributed by atoms with Crippen LogP contribution in [0.5, 0.6) is 0 Å². The minimum absolute atomic E-state index is 0.127. The molecule has 0 fully saturated rings. The zero-order valence-electron chi connectivity index (χ0n) is 8.55. The van der Waals surface area contributed by atoms with Crippen LogP contribution in [0.2, 0.25) is 0 Å². The highest BCUT2D eigenvalue weighted by atomic mass is 79.9. The van der Waals surface area contributed by atoms with E-state index >= 15 is 0 Å². The molecule has 2 heterocycles. The van der Waals surface area contributed by atoms with Crippen LogP contribution in [0.15, 0.2) is 21.9 Å². The molecule has 0 aliphatic carbocycles. The largest absolute Gasteiger partial charge is 0.409 e. The Labute approximate surface area is 99.9 Å². The lowest BCUT2D eigenvalue weighted by Gasteiger charge is -2.04. The van der Waals surface area contributed by atoms with Gasteiger partial charge in [0.05, 0.1) is 12.1 Å². The lowest BCUT2D eigenvalue weighted by atomic mass is 10.4. The van der Waals surface area contributed by atoms with Gasteiger partial charge in [-0.05, 0) is 28.9 Å². The first kappa shape index (κ1) is 10.9. The van der Waals surface area contributed by atoms with E-state index in [4.69, 9.17) is 10.9 Å². The van der Waals surface area contributed by atoms with Crippen LogP contribution in [0.1, 0.15) is 5.82 Å². The van der Waals surface area contributed by atoms with E-state index in [-0.39, 0.29) is 12.4 Å². The Bertz CT molecular complexity index is 562. The minimum atomic E-state index is 0.127. The summed E-state index contributed by atoms with van der Waals surface area (Å²) in [5.74, 6) is 0.898. The smallest absolute Gasteiger partial charge is 0.177 e. The predicted octanol–water partition coefficient (Wildman–Crippen LogP) is 1.25. The molecule has 84 valence electrons. The van der Waals surface area contributed by atoms with Crippen LogP contribution in [0.4, 0.5) is 0 Å². The normalized spacial score (nSPS) is 12.2. The molecule has 0 saturated carbocycles. The Hall–Kier alpha value is -1.63. The fourth-order valence-corrected chi connectivity index (χ4v) is 1.81. The average molecular weight is 284 g/mol. The maximum Gasteiger partial charge on any atom is 0.177 e. The van der Waals surface area contributed by atoms with Crippen molar-refractivity contribution in [2.75, 3.05) is 0 Å². The van der Waals surface area contributed by atoms with Gasteiger partial charge in [0.2, 0.25) is 0 Å². The van der Waals surface area contributed by atoms with Crippen LogP contribution >= 0.6 is 15.9 Å². The molecule has 0 spiro atoms. The van der Waals surface area contributed by atoms with Crippen molar-refractivity contribution in [3.05, 3.63) is 22.6 Å². The van der Waals surface area contributed by atoms with E-state index in [0.717, 1.165) is 15.8 Å². The number of pyridine rings is 1. The van der Waals surface area contributed by atoms with E-state index in [1.165, 1.54) is 0 Å². The number of aryl methyl sites for hydroxylation is 1. The summed E-state index contributed by atoms with van der Waals surface area (Å²) in [6.07, 6.45) is 1.68. The lowest BCUT2D eigenvalue weighted by Crippen LogP contribution is -2.20. The third kappa shape index (κ3) is 1.85. The second kappa shape index (κ2) is 4.09. The van der Waals surface area contributed by atoms with Gasteiger partial charge in [0.25, 0.3) is 0 Å². The number of oxime groups is 1. The van der Waals surface area contributed by atoms with E-state index < -0.39 is 0 Å². The van der Waals surface area contributed by atoms with Gasteiger partial charge in [-0.15, -0.1) is 0 Å². The Morgan fingerprint density at radius 2 is 2.44 bits per heavy atom. The third-order valence-corrected chi connectivity index (χ3v) is 2.65. The van der Waals surface area contributed by atoms with Crippen molar-refractivity contribution >= 4 is 32.9 Å². The first-order valence-electron chi connectivity index (χ1n) is 4.56. The number of amidine groups is 1. The van der Waals surface area contributed by atoms with E-state index in [9.17, 15) is 0 Å². The number of fused-ring (bicyclic) bond motifs is 1. The summed E-state index contributed by atoms with van der Waals surface area (Å²) in [5.41, 5.74) is 6.97. The zero-order valence-corrected chi connectivity index (χ0v) is 10.1. The second-order valence-corrected chi connectivity index (χ2v) is 4.25. The van der Waals surface area contributed by atoms with Gasteiger partial charge < -0.3 is 15.5 Å². The monoisotopic (exact) mass is 283 g/mol. The molecule has 16 heavy (non-hydrogen) atoms. The number of hydrogen-bond acceptors (Lipinski definition) is 4. The van der Waals surface area contributed by atoms with Crippen molar-refractivity contribution in [1.29, 1.82) is 0 Å². The van der Waals surface area contributed by atoms with Gasteiger partial charge in [0.1, 0.15) is 5.82 Å². The molecule has 0 aliphatic rings. The van der Waals surface area contributed by atoms with Crippen LogP contribution in [-0.4, -0.2) is 25.6 Å². The summed E-state index contributed by atoms with van der Waals surface area (Å²) in [5, 5.41) is 11.5. The number of hydrogen-bond donors (Lipinski definition) is 2. The molecular weight excluding hydrogens is 274 g/mol. The van der Waals surface area contributed by atoms with Crippen LogP contribution in [0.25, 0.3) is 11.2 Å². The first-order chi connectivity index (χ1) is 7.61. The molecule has 7 heteroatoms. The molecule has 0 bridgehead atoms. The predicted molar refractivity (Wildman–Crippen MR) is 63.4 cm³/mol. The molecule has 0 aliphatic heterocycles. The van der Waals surface area contributed by atoms with Gasteiger partial charge in [0, 0.05) is 10.7 Å². The zero-order chi connectivity index (χ0) is 11.7. The van der Waals surface area contributed by atoms with Crippen molar-refractivity contribution < 1.29 is 5.21 Å². The fourth-order valence-electron chi connectivity index (χ4n) is 1.49. The van der Waals surface area contributed by atoms with E-state index in [2.05, 4.69) is 31.1 Å². The fraction of sp³-hybridized carbons (Fsp3) is 0.222. The molecule has 6 nitrogen and oxygen atoms in total. The van der Waals surface area contributed by atoms with Crippen molar-refractivity contribution in [2.45, 2.75) is 13.5 Å². The molecular formula is C9H10BrN5O. The Morgan fingerprint density at radius 1 is 1.69 bits per heavy atom. The average Bonchev–Trinajstić information content (AvgIpc) is 2.55. The summed E-state index contributed by atoms with van der Waals surface area (Å²) >= 11 is 3.34. The first-order valence-corrected chi connectivity index (χ1v) is 5.36. The molecule has 0 unspecified atom stereocenters. The highest BCUT2D eigenvalue weighted by Gasteiger charge is 2.09. The summed E-state index contributed by atoms with van der Waals surface area (Å²) < 4.78 is 2.70. The molecule has 0 amide bonds. The molecule has 2 aromatic heterocycles. The van der Waals surface area contributed by atoms with Gasteiger partial charge in [-0.2, -0.15) is 0 Å². The standard InChI is InChI=1S/C9H10BrN5O/c1-5-13-9-7(2-6(10)3-12-9)15(5)4-8(11)14-16/h2-3,16H,4H2,1H3,(H2,11,14). The Morgan fingerprint density at radius 3 is 3.12 bits per heavy atom. The van der Waals surface area contributed by atoms with E-state index in [1.54, 1.807) is 6.20 Å². The molecule has 0 aromatic carbocycles. The molecule has 0 radical (unpaired) electrons.